The fourth-order valence-corrected chi connectivity index (χ4v) is 0. The van der Waals surface area contributed by atoms with Gasteiger partial charge in [-0.15, -0.1) is 0 Å². The Hall–Kier alpha value is 1.80. The molecule has 0 aromatic carbocycles. The fourth-order valence-electron chi connectivity index (χ4n) is 0. The molecule has 0 aliphatic carbocycles. The van der Waals surface area contributed by atoms with Gasteiger partial charge in [-0.25, -0.2) is 0 Å². The molecule has 0 N–H and O–H groups in total. The summed E-state index contributed by atoms with van der Waals surface area (Å²) in [4.78, 5) is 0. The van der Waals surface area contributed by atoms with Crippen LogP contribution in [0.15, 0.2) is 0 Å². The van der Waals surface area contributed by atoms with Gasteiger partial charge in [0.15, 0.2) is 0 Å². The predicted molar refractivity (Wildman–Crippen MR) is 27.2 cm³/mol. The zero-order valence-corrected chi connectivity index (χ0v) is 7.22. The SMILES string of the molecule is [Mg+2].[MgH2].[O]=[Al][O-].[O]=[Al][O-]. The van der Waals surface area contributed by atoms with Crippen LogP contribution in [0.5, 0.6) is 0 Å². The van der Waals surface area contributed by atoms with E-state index in [1.54, 1.807) is 0 Å². The van der Waals surface area contributed by atoms with Crippen LogP contribution in [0.1, 0.15) is 0 Å². The van der Waals surface area contributed by atoms with E-state index in [9.17, 15) is 0 Å². The Kier molecular flexibility index (Phi) is 105. The van der Waals surface area contributed by atoms with Gasteiger partial charge in [0.1, 0.15) is 0 Å². The summed E-state index contributed by atoms with van der Waals surface area (Å²) in [5.74, 6) is 0. The first kappa shape index (κ1) is 22.6. The van der Waals surface area contributed by atoms with Gasteiger partial charge in [-0.05, 0) is 0 Å². The van der Waals surface area contributed by atoms with Crippen molar-refractivity contribution in [2.75, 3.05) is 0 Å². The van der Waals surface area contributed by atoms with E-state index < -0.39 is 31.0 Å². The molecule has 8 heavy (non-hydrogen) atoms. The molecule has 36 valence electrons. The van der Waals surface area contributed by atoms with Crippen molar-refractivity contribution in [2.45, 2.75) is 0 Å². The van der Waals surface area contributed by atoms with Gasteiger partial charge in [-0.1, -0.05) is 0 Å². The van der Waals surface area contributed by atoms with Gasteiger partial charge < -0.3 is 0 Å². The molecular formula is H2Al2Mg2O4. The first-order chi connectivity index (χ1) is 2.83. The Morgan fingerprint density at radius 1 is 1.00 bits per heavy atom. The number of rotatable bonds is 0. The van der Waals surface area contributed by atoms with Crippen LogP contribution < -0.4 is 8.32 Å². The van der Waals surface area contributed by atoms with Crippen LogP contribution in [0.2, 0.25) is 0 Å². The molecule has 0 aromatic rings. The van der Waals surface area contributed by atoms with Crippen LogP contribution in [0, 0.1) is 0 Å². The molecule has 8 heteroatoms. The molecule has 0 aromatic heterocycles. The zero-order chi connectivity index (χ0) is 5.41. The van der Waals surface area contributed by atoms with Crippen molar-refractivity contribution in [3.8, 4) is 0 Å². The molecule has 0 fully saturated rings. The summed E-state index contributed by atoms with van der Waals surface area (Å²) >= 11 is -3.50. The van der Waals surface area contributed by atoms with E-state index in [1.807, 2.05) is 0 Å². The van der Waals surface area contributed by atoms with Crippen LogP contribution >= 0.6 is 0 Å². The molecule has 0 unspecified atom stereocenters. The van der Waals surface area contributed by atoms with E-state index in [2.05, 4.69) is 0 Å². The Balaban J connectivity index is -0.0000000160. The van der Waals surface area contributed by atoms with Crippen molar-refractivity contribution in [3.05, 3.63) is 0 Å². The third kappa shape index (κ3) is 112. The van der Waals surface area contributed by atoms with E-state index in [0.29, 0.717) is 0 Å². The van der Waals surface area contributed by atoms with Gasteiger partial charge in [0, 0.05) is 0 Å². The van der Waals surface area contributed by atoms with Gasteiger partial charge in [-0.2, -0.15) is 0 Å². The van der Waals surface area contributed by atoms with Gasteiger partial charge in [0.2, 0.25) is 0 Å². The monoisotopic (exact) mass is 168 g/mol. The minimum absolute atomic E-state index is 0. The average Bonchev–Trinajstić information content (AvgIpc) is 1.39. The molecule has 0 aliphatic heterocycles. The van der Waals surface area contributed by atoms with Crippen molar-refractivity contribution < 1.29 is 15.9 Å². The number of hydrogen-bond acceptors (Lipinski definition) is 4. The number of hydrogen-bond donors (Lipinski definition) is 0. The normalized spacial score (nSPS) is 2.00. The molecule has 0 atom stereocenters. The van der Waals surface area contributed by atoms with E-state index in [0.717, 1.165) is 0 Å². The summed E-state index contributed by atoms with van der Waals surface area (Å²) in [5, 5.41) is 0. The summed E-state index contributed by atoms with van der Waals surface area (Å²) < 4.78 is 33.8. The predicted octanol–water partition coefficient (Wildman–Crippen LogP) is -4.67. The van der Waals surface area contributed by atoms with Gasteiger partial charge >= 0.3 is 93.0 Å². The maximum atomic E-state index is 8.46. The summed E-state index contributed by atoms with van der Waals surface area (Å²) in [6.07, 6.45) is 0. The van der Waals surface area contributed by atoms with E-state index in [-0.39, 0.29) is 46.1 Å². The van der Waals surface area contributed by atoms with E-state index >= 15 is 0 Å². The van der Waals surface area contributed by atoms with Crippen LogP contribution in [0.4, 0.5) is 0 Å². The molecule has 0 bridgehead atoms. The summed E-state index contributed by atoms with van der Waals surface area (Å²) in [6.45, 7) is 0. The molecular weight excluding hydrogens is 167 g/mol. The quantitative estimate of drug-likeness (QED) is 0.341. The third-order valence-electron chi connectivity index (χ3n) is 0. The zero-order valence-electron chi connectivity index (χ0n) is 3.49. The first-order valence-electron chi connectivity index (χ1n) is 0.943. The molecule has 0 aliphatic rings. The molecule has 0 radical (unpaired) electrons. The molecule has 0 rings (SSSR count). The average molecular weight is 169 g/mol. The Morgan fingerprint density at radius 2 is 1.00 bits per heavy atom. The van der Waals surface area contributed by atoms with E-state index in [4.69, 9.17) is 15.9 Å². The van der Waals surface area contributed by atoms with Crippen LogP contribution in [-0.4, -0.2) is 77.1 Å². The van der Waals surface area contributed by atoms with Crippen molar-refractivity contribution in [1.82, 2.24) is 0 Å². The van der Waals surface area contributed by atoms with E-state index in [1.165, 1.54) is 0 Å². The van der Waals surface area contributed by atoms with Gasteiger partial charge in [0.05, 0.1) is 0 Å². The Morgan fingerprint density at radius 3 is 1.00 bits per heavy atom. The first-order valence-corrected chi connectivity index (χ1v) is 2.83. The molecule has 0 heterocycles. The second kappa shape index (κ2) is 37.1. The van der Waals surface area contributed by atoms with Gasteiger partial charge in [0.25, 0.3) is 0 Å². The second-order valence-electron chi connectivity index (χ2n) is 0.192. The van der Waals surface area contributed by atoms with Crippen molar-refractivity contribution in [1.29, 1.82) is 0 Å². The summed E-state index contributed by atoms with van der Waals surface area (Å²) in [6, 6.07) is 0. The third-order valence-corrected chi connectivity index (χ3v) is 0. The van der Waals surface area contributed by atoms with Crippen molar-refractivity contribution >= 4 is 77.1 Å². The standard InChI is InChI=1S/2Al.2Mg.4O.2H/q;;;+2;;;2*-1;;. The minimum atomic E-state index is -1.75. The summed E-state index contributed by atoms with van der Waals surface area (Å²) in [5.41, 5.74) is 0. The second-order valence-corrected chi connectivity index (χ2v) is 0.577. The summed E-state index contributed by atoms with van der Waals surface area (Å²) in [7, 11) is 0. The van der Waals surface area contributed by atoms with Crippen molar-refractivity contribution in [3.63, 3.8) is 0 Å². The topological polar surface area (TPSA) is 80.3 Å². The molecule has 0 spiro atoms. The molecule has 4 nitrogen and oxygen atoms in total. The Labute approximate surface area is 91.8 Å². The van der Waals surface area contributed by atoms with Crippen LogP contribution in [0.25, 0.3) is 0 Å². The Bertz CT molecular complexity index is 33.0. The van der Waals surface area contributed by atoms with Crippen LogP contribution in [-0.2, 0) is 7.61 Å². The van der Waals surface area contributed by atoms with Crippen LogP contribution in [0.3, 0.4) is 0 Å². The maximum absolute atomic E-state index is 8.46. The fraction of sp³-hybridized carbons (Fsp3) is 0. The molecule has 0 saturated heterocycles. The van der Waals surface area contributed by atoms with Gasteiger partial charge in [-0.3, -0.25) is 0 Å². The van der Waals surface area contributed by atoms with Crippen molar-refractivity contribution in [2.24, 2.45) is 0 Å². The molecule has 0 amide bonds. The molecule has 0 saturated carbocycles.